The maximum absolute atomic E-state index is 13.7. The Morgan fingerprint density at radius 2 is 0.670 bits per heavy atom. The number of carbonyl (C=O) groups excluding carboxylic acids is 7. The highest BCUT2D eigenvalue weighted by Gasteiger charge is 2.43. The number of aromatic nitrogens is 6. The van der Waals surface area contributed by atoms with Gasteiger partial charge >= 0.3 is 23.9 Å². The van der Waals surface area contributed by atoms with Crippen molar-refractivity contribution >= 4 is 76.2 Å². The van der Waals surface area contributed by atoms with Gasteiger partial charge in [0.05, 0.1) is 42.9 Å². The fraction of sp³-hybridized carbons (Fsp3) is 0.329. The number of aliphatic hydroxyl groups excluding tert-OH is 2. The van der Waals surface area contributed by atoms with E-state index in [-0.39, 0.29) is 22.2 Å². The summed E-state index contributed by atoms with van der Waals surface area (Å²) in [5, 5.41) is 21.4. The molecule has 2 N–H and O–H groups in total. The van der Waals surface area contributed by atoms with Gasteiger partial charge < -0.3 is 63.5 Å². The highest BCUT2D eigenvalue weighted by atomic mass is 35.5. The molecule has 0 radical (unpaired) electrons. The summed E-state index contributed by atoms with van der Waals surface area (Å²) < 4.78 is 21.6. The first kappa shape index (κ1) is 70.4. The number of para-hydroxylation sites is 2. The molecule has 13 rings (SSSR count). The number of anilines is 4. The topological polar surface area (TPSA) is 297 Å². The van der Waals surface area contributed by atoms with E-state index in [1.165, 1.54) is 68.8 Å². The maximum atomic E-state index is 13.7. The summed E-state index contributed by atoms with van der Waals surface area (Å²) >= 11 is 5.89. The van der Waals surface area contributed by atoms with Crippen LogP contribution in [0.15, 0.2) is 171 Å². The number of piperazine rings is 2. The first-order chi connectivity index (χ1) is 48.3. The molecule has 100 heavy (non-hydrogen) atoms. The molecule has 5 aromatic carbocycles. The molecule has 0 aliphatic carbocycles. The smallest absolute Gasteiger partial charge is 0.303 e. The van der Waals surface area contributed by atoms with E-state index >= 15 is 0 Å². The van der Waals surface area contributed by atoms with Gasteiger partial charge in [-0.05, 0) is 57.6 Å². The monoisotopic (exact) mass is 1380 g/mol. The van der Waals surface area contributed by atoms with Crippen LogP contribution in [0.3, 0.4) is 0 Å². The van der Waals surface area contributed by atoms with E-state index in [0.717, 1.165) is 72.6 Å². The third-order valence-electron chi connectivity index (χ3n) is 17.5. The molecule has 2 fully saturated rings. The summed E-state index contributed by atoms with van der Waals surface area (Å²) in [6.07, 6.45) is 0.374. The van der Waals surface area contributed by atoms with Crippen molar-refractivity contribution < 1.29 is 62.7 Å². The van der Waals surface area contributed by atoms with E-state index < -0.39 is 78.2 Å². The van der Waals surface area contributed by atoms with E-state index in [2.05, 4.69) is 68.8 Å². The van der Waals surface area contributed by atoms with Crippen LogP contribution in [0.1, 0.15) is 96.5 Å². The lowest BCUT2D eigenvalue weighted by molar-refractivity contribution is -0.176. The zero-order valence-electron chi connectivity index (χ0n) is 55.6. The van der Waals surface area contributed by atoms with Gasteiger partial charge in [0.2, 0.25) is 12.2 Å². The number of ether oxygens (including phenoxy) is 4. The van der Waals surface area contributed by atoms with Crippen LogP contribution in [0.4, 0.5) is 23.0 Å². The Bertz CT molecular complexity index is 4150. The number of rotatable bonds is 17. The van der Waals surface area contributed by atoms with Crippen molar-refractivity contribution in [2.45, 2.75) is 104 Å². The molecule has 3 aromatic heterocycles. The standard InChI is InChI=1S/C29H31N5O5.C25H27N5O3.C19H18ClN3O5/c1-20(35)38-27(28(39-21(2)36)29(37)34-18-22-8-6-7-9-23(22)19-34)25-16-30-17-26(31-25)33-14-12-32(13-15-33)24-10-4-3-5-11-24;31-23(24(32)25(33)30-16-18-6-4-5-7-19(18)17-30)21-14-26-15-22(27-21)29-12-10-28(11-13-29)20-8-2-1-3-9-20;1-11(24)27-17(15-7-21-8-16(20)22-15)18(28-12(2)25)19(26)23-9-13-5-3-4-6-14(13)10-23/h3-11,16-17,27-28H,12-15,18-19H2,1-2H3;1-9,14-15,23-24,31-32H,10-13,16-17H2;3-8,17-18H,9-10H2,1-2H3/t27-,28+;23-,24+;17-,18+/m000/s1. The van der Waals surface area contributed by atoms with Crippen molar-refractivity contribution in [3.05, 3.63) is 226 Å². The van der Waals surface area contributed by atoms with Crippen LogP contribution in [0.25, 0.3) is 0 Å². The molecule has 0 spiro atoms. The molecule has 5 aliphatic rings. The SMILES string of the molecule is CC(=O)O[C@@H](C(=O)N1Cc2ccccc2C1)[C@@H](OC(C)=O)c1cncc(Cl)n1.CC(=O)O[C@@H](C(=O)N1Cc2ccccc2C1)[C@@H](OC(C)=O)c1cncc(N2CCN(c3ccccc3)CC2)n1.O=C([C@H](O)[C@@H](O)c1cncc(N2CCN(c3ccccc3)CC2)n1)N1Cc2ccccc2C1. The summed E-state index contributed by atoms with van der Waals surface area (Å²) in [5.74, 6) is -2.89. The second kappa shape index (κ2) is 32.6. The lowest BCUT2D eigenvalue weighted by atomic mass is 10.1. The summed E-state index contributed by atoms with van der Waals surface area (Å²) in [6, 6.07) is 43.7. The first-order valence-corrected chi connectivity index (χ1v) is 33.0. The predicted molar refractivity (Wildman–Crippen MR) is 366 cm³/mol. The van der Waals surface area contributed by atoms with Gasteiger partial charge in [-0.2, -0.15) is 0 Å². The van der Waals surface area contributed by atoms with Gasteiger partial charge in [-0.15, -0.1) is 0 Å². The Morgan fingerprint density at radius 3 is 1.02 bits per heavy atom. The van der Waals surface area contributed by atoms with Crippen LogP contribution < -0.4 is 19.6 Å². The Balaban J connectivity index is 0.000000153. The van der Waals surface area contributed by atoms with Crippen LogP contribution in [-0.4, -0.2) is 167 Å². The van der Waals surface area contributed by atoms with E-state index in [0.29, 0.717) is 64.0 Å². The van der Waals surface area contributed by atoms with Crippen molar-refractivity contribution in [1.29, 1.82) is 0 Å². The second-order valence-corrected chi connectivity index (χ2v) is 24.8. The van der Waals surface area contributed by atoms with Gasteiger partial charge in [0.25, 0.3) is 17.7 Å². The molecule has 26 nitrogen and oxygen atoms in total. The summed E-state index contributed by atoms with van der Waals surface area (Å²) in [6.45, 7) is 13.4. The molecule has 3 amide bonds. The van der Waals surface area contributed by atoms with Crippen LogP contribution in [0.5, 0.6) is 0 Å². The molecule has 8 heterocycles. The number of halogens is 1. The van der Waals surface area contributed by atoms with Crippen molar-refractivity contribution in [2.24, 2.45) is 0 Å². The molecule has 518 valence electrons. The molecule has 27 heteroatoms. The lowest BCUT2D eigenvalue weighted by Gasteiger charge is -2.37. The third kappa shape index (κ3) is 17.5. The third-order valence-corrected chi connectivity index (χ3v) is 17.6. The fourth-order valence-corrected chi connectivity index (χ4v) is 12.7. The summed E-state index contributed by atoms with van der Waals surface area (Å²) in [5.41, 5.74) is 9.07. The number of esters is 4. The molecular weight excluding hydrogens is 1300 g/mol. The number of nitrogens with zero attached hydrogens (tertiary/aromatic N) is 13. The van der Waals surface area contributed by atoms with E-state index in [1.807, 2.05) is 109 Å². The summed E-state index contributed by atoms with van der Waals surface area (Å²) in [7, 11) is 0. The van der Waals surface area contributed by atoms with E-state index in [9.17, 15) is 43.8 Å². The minimum absolute atomic E-state index is 0.0530. The maximum Gasteiger partial charge on any atom is 0.303 e. The number of hydrogen-bond acceptors (Lipinski definition) is 23. The number of amides is 3. The van der Waals surface area contributed by atoms with Crippen LogP contribution >= 0.6 is 11.6 Å². The first-order valence-electron chi connectivity index (χ1n) is 32.7. The van der Waals surface area contributed by atoms with E-state index in [1.54, 1.807) is 22.2 Å². The van der Waals surface area contributed by atoms with Crippen LogP contribution in [0, 0.1) is 0 Å². The van der Waals surface area contributed by atoms with Gasteiger partial charge in [-0.1, -0.05) is 121 Å². The molecule has 0 bridgehead atoms. The molecule has 5 aliphatic heterocycles. The van der Waals surface area contributed by atoms with Gasteiger partial charge in [-0.25, -0.2) is 15.0 Å². The van der Waals surface area contributed by atoms with Crippen molar-refractivity contribution in [1.82, 2.24) is 44.6 Å². The van der Waals surface area contributed by atoms with E-state index in [4.69, 9.17) is 35.5 Å². The average molecular weight is 1380 g/mol. The van der Waals surface area contributed by atoms with Gasteiger partial charge in [0, 0.05) is 131 Å². The largest absolute Gasteiger partial charge is 0.451 e. The average Bonchev–Trinajstić information content (AvgIpc) is 1.46. The molecule has 0 saturated carbocycles. The minimum atomic E-state index is -1.60. The minimum Gasteiger partial charge on any atom is -0.451 e. The van der Waals surface area contributed by atoms with Crippen molar-refractivity contribution in [2.75, 3.05) is 72.0 Å². The van der Waals surface area contributed by atoms with Gasteiger partial charge in [0.15, 0.2) is 18.3 Å². The Kier molecular flexibility index (Phi) is 22.9. The fourth-order valence-electron chi connectivity index (χ4n) is 12.5. The van der Waals surface area contributed by atoms with Gasteiger partial charge in [0.1, 0.15) is 34.3 Å². The Hall–Kier alpha value is -11.0. The number of aliphatic hydroxyl groups is 2. The Labute approximate surface area is 582 Å². The lowest BCUT2D eigenvalue weighted by Crippen LogP contribution is -2.47. The highest BCUT2D eigenvalue weighted by molar-refractivity contribution is 6.29. The number of fused-ring (bicyclic) bond motifs is 3. The van der Waals surface area contributed by atoms with Crippen LogP contribution in [-0.2, 0) is 91.8 Å². The van der Waals surface area contributed by atoms with Crippen molar-refractivity contribution in [3.63, 3.8) is 0 Å². The highest BCUT2D eigenvalue weighted by Crippen LogP contribution is 2.33. The molecule has 6 atom stereocenters. The zero-order chi connectivity index (χ0) is 70.4. The normalized spacial score (nSPS) is 16.3. The second-order valence-electron chi connectivity index (χ2n) is 24.4. The zero-order valence-corrected chi connectivity index (χ0v) is 56.4. The molecular formula is C73H76ClN13O13. The van der Waals surface area contributed by atoms with Crippen molar-refractivity contribution in [3.8, 4) is 0 Å². The van der Waals surface area contributed by atoms with Gasteiger partial charge in [-0.3, -0.25) is 48.5 Å². The van der Waals surface area contributed by atoms with Crippen LogP contribution in [0.2, 0.25) is 5.15 Å². The number of carbonyl (C=O) groups is 7. The number of hydrogen-bond donors (Lipinski definition) is 2. The summed E-state index contributed by atoms with van der Waals surface area (Å²) in [4.78, 5) is 127. The Morgan fingerprint density at radius 1 is 0.370 bits per heavy atom. The molecule has 8 aromatic rings. The molecule has 0 unspecified atom stereocenters. The molecule has 2 saturated heterocycles. The predicted octanol–water partition coefficient (Wildman–Crippen LogP) is 6.83. The number of benzene rings is 5. The quantitative estimate of drug-likeness (QED) is 0.0697.